The van der Waals surface area contributed by atoms with Gasteiger partial charge in [0.05, 0.1) is 45.3 Å². The smallest absolute Gasteiger partial charge is 0.305 e. The van der Waals surface area contributed by atoms with Crippen LogP contribution in [0.1, 0.15) is 178 Å². The largest absolute Gasteiger partial charge is 0.481 e. The van der Waals surface area contributed by atoms with Crippen LogP contribution in [-0.2, 0) is 44.8 Å². The molecule has 3 aliphatic carbocycles. The van der Waals surface area contributed by atoms with E-state index in [1.54, 1.807) is 6.08 Å². The number of nitrogens with zero attached hydrogens (tertiary/aromatic N) is 8. The Kier molecular flexibility index (Phi) is 26.7. The molecule has 113 heavy (non-hydrogen) atoms. The van der Waals surface area contributed by atoms with Crippen LogP contribution in [0, 0.1) is 6.92 Å². The molecule has 0 spiro atoms. The molecule has 20 nitrogen and oxygen atoms in total. The molecule has 8 aliphatic heterocycles. The summed E-state index contributed by atoms with van der Waals surface area (Å²) in [5, 5.41) is 35.4. The van der Waals surface area contributed by atoms with E-state index in [1.165, 1.54) is 181 Å². The van der Waals surface area contributed by atoms with E-state index in [0.29, 0.717) is 72.8 Å². The van der Waals surface area contributed by atoms with Crippen LogP contribution in [0.2, 0.25) is 0 Å². The van der Waals surface area contributed by atoms with Gasteiger partial charge in [0.15, 0.2) is 0 Å². The van der Waals surface area contributed by atoms with Crippen LogP contribution < -0.4 is 19.6 Å². The van der Waals surface area contributed by atoms with Crippen molar-refractivity contribution >= 4 is 213 Å². The first kappa shape index (κ1) is 82.5. The van der Waals surface area contributed by atoms with Gasteiger partial charge in [0, 0.05) is 117 Å². The minimum Gasteiger partial charge on any atom is -0.481 e. The number of thioether (sulfide) groups is 4. The molecule has 4 saturated heterocycles. The van der Waals surface area contributed by atoms with Crippen molar-refractivity contribution in [1.82, 2.24) is 19.6 Å². The maximum absolute atomic E-state index is 12.8. The van der Waals surface area contributed by atoms with Gasteiger partial charge in [-0.15, -0.1) is 0 Å². The van der Waals surface area contributed by atoms with Crippen molar-refractivity contribution in [1.29, 1.82) is 0 Å². The van der Waals surface area contributed by atoms with Crippen LogP contribution in [-0.4, -0.2) is 175 Å². The van der Waals surface area contributed by atoms with Crippen LogP contribution in [0.5, 0.6) is 0 Å². The summed E-state index contributed by atoms with van der Waals surface area (Å²) in [7, 11) is 0. The van der Waals surface area contributed by atoms with E-state index in [9.17, 15) is 38.4 Å². The summed E-state index contributed by atoms with van der Waals surface area (Å²) in [4.78, 5) is 111. The Morgan fingerprint density at radius 2 is 0.832 bits per heavy atom. The fourth-order valence-corrected chi connectivity index (χ4v) is 22.5. The van der Waals surface area contributed by atoms with Gasteiger partial charge in [-0.2, -0.15) is 0 Å². The first-order valence-corrected chi connectivity index (χ1v) is 43.5. The van der Waals surface area contributed by atoms with Crippen LogP contribution in [0.3, 0.4) is 0 Å². The lowest BCUT2D eigenvalue weighted by molar-refractivity contribution is -0.138. The third kappa shape index (κ3) is 18.3. The fourth-order valence-electron chi connectivity index (χ4n) is 17.3. The molecule has 6 atom stereocenters. The molecule has 590 valence electrons. The number of amides is 4. The number of anilines is 5. The Balaban J connectivity index is 0.000000132. The Morgan fingerprint density at radius 3 is 1.29 bits per heavy atom. The SMILES string of the molecule is CCCN1c2ccc(/C=C3/SC(=S)N(CCC(=O)O)C3=O)cc2C2CCCC21.CCN1CCc2cc(/C=C3/SC(=S)N(CCC(=O)O)C3=O)ccc21.CCN1c2ccc(/C=C/C=C3/SC(=S)N(CCC(=O)O)C3=O)cc2C2CCCC21.Cc1ccc(N2c3ccc(/C=C4/SC(=S)N(CCC(=O)O)C4=O)cc3C3CCCC32)cc1. The number of fused-ring (bicyclic) bond motifs is 10. The Bertz CT molecular complexity index is 4870. The van der Waals surface area contributed by atoms with E-state index >= 15 is 0 Å². The summed E-state index contributed by atoms with van der Waals surface area (Å²) >= 11 is 26.0. The van der Waals surface area contributed by atoms with Gasteiger partial charge >= 0.3 is 23.9 Å². The zero-order chi connectivity index (χ0) is 80.1. The van der Waals surface area contributed by atoms with Gasteiger partial charge in [0.1, 0.15) is 17.3 Å². The van der Waals surface area contributed by atoms with E-state index in [-0.39, 0.29) is 75.5 Å². The van der Waals surface area contributed by atoms with Gasteiger partial charge in [-0.05, 0) is 202 Å². The van der Waals surface area contributed by atoms with Crippen molar-refractivity contribution in [3.05, 3.63) is 179 Å². The second-order valence-corrected chi connectivity index (χ2v) is 36.2. The van der Waals surface area contributed by atoms with Crippen LogP contribution in [0.25, 0.3) is 24.3 Å². The number of carboxylic acid groups (broad SMARTS) is 4. The van der Waals surface area contributed by atoms with E-state index in [0.717, 1.165) is 61.3 Å². The molecule has 4 N–H and O–H groups in total. The van der Waals surface area contributed by atoms with Crippen molar-refractivity contribution < 1.29 is 58.8 Å². The van der Waals surface area contributed by atoms with Crippen LogP contribution in [0.15, 0.2) is 129 Å². The lowest BCUT2D eigenvalue weighted by atomic mass is 9.96. The molecule has 11 aliphatic rings. The van der Waals surface area contributed by atoms with Crippen molar-refractivity contribution in [2.24, 2.45) is 0 Å². The van der Waals surface area contributed by atoms with Gasteiger partial charge in [-0.25, -0.2) is 0 Å². The predicted molar refractivity (Wildman–Crippen MR) is 470 cm³/mol. The average molecular weight is 1670 g/mol. The van der Waals surface area contributed by atoms with Gasteiger partial charge < -0.3 is 40.0 Å². The number of aryl methyl sites for hydroxylation is 1. The van der Waals surface area contributed by atoms with Gasteiger partial charge in [-0.3, -0.25) is 58.0 Å². The van der Waals surface area contributed by atoms with Crippen LogP contribution >= 0.6 is 95.9 Å². The second-order valence-electron chi connectivity index (χ2n) is 29.5. The first-order valence-electron chi connectivity index (χ1n) is 38.6. The van der Waals surface area contributed by atoms with E-state index < -0.39 is 23.9 Å². The Morgan fingerprint density at radius 1 is 0.442 bits per heavy atom. The number of carbonyl (C=O) groups excluding carboxylic acids is 4. The monoisotopic (exact) mass is 1670 g/mol. The highest BCUT2D eigenvalue weighted by atomic mass is 32.2. The number of thiocarbonyl (C=S) groups is 4. The number of benzene rings is 5. The number of allylic oxidation sites excluding steroid dienone is 2. The highest BCUT2D eigenvalue weighted by Crippen LogP contribution is 2.54. The predicted octanol–water partition coefficient (Wildman–Crippen LogP) is 16.8. The molecule has 28 heteroatoms. The molecule has 7 fully saturated rings. The number of hydrogen-bond donors (Lipinski definition) is 4. The standard InChI is InChI=1S/C25H24N2O3S2.C22H24N2O3S2.C21H24N2O3S2.C17H18N2O3S2/c1-15-5-8-17(9-6-15)27-20-4-2-3-18(20)19-13-16(7-10-21(19)27)14-22-24(30)26(25(31)32-22)12-11-23(28)29;1-2-23-17-7-4-6-15(17)16-13-14(9-10-18(16)23)5-3-8-19-21(27)24(22(28)29-19)12-11-20(25)26;1-2-9-22-16-5-3-4-14(16)15-11-13(6-7-17(15)22)12-18-20(26)23(21(27)28-18)10-8-19(24)25;1-2-18-7-5-12-9-11(3-4-13(12)18)10-14-16(22)19(17(23)24-14)8-6-15(20)21/h5-10,13-14,18,20H,2-4,11-12H2,1H3,(H,28,29);3,5,8-10,13,15,17H,2,4,6-7,11-12H2,1H3,(H,25,26);6-7,11-12,14,16H,2-5,8-10H2,1H3,(H,24,25);3-4,9-10H,2,5-8H2,1H3,(H,20,21)/b22-14+;5-3+,19-8+;18-12+;14-10+. The topological polar surface area (TPSA) is 243 Å². The molecule has 3 saturated carbocycles. The lowest BCUT2D eigenvalue weighted by Crippen LogP contribution is -2.31. The summed E-state index contributed by atoms with van der Waals surface area (Å²) < 4.78 is 1.69. The number of carboxylic acids is 4. The second kappa shape index (κ2) is 36.6. The first-order chi connectivity index (χ1) is 54.4. The number of likely N-dealkylation sites (N-methyl/N-ethyl adjacent to an activating group) is 2. The van der Waals surface area contributed by atoms with Gasteiger partial charge in [0.25, 0.3) is 23.6 Å². The zero-order valence-electron chi connectivity index (χ0n) is 63.3. The summed E-state index contributed by atoms with van der Waals surface area (Å²) in [6, 6.07) is 36.3. The number of carbonyl (C=O) groups is 8. The van der Waals surface area contributed by atoms with Crippen molar-refractivity contribution in [3.63, 3.8) is 0 Å². The third-order valence-electron chi connectivity index (χ3n) is 22.5. The van der Waals surface area contributed by atoms with Crippen molar-refractivity contribution in [2.75, 3.05) is 72.0 Å². The van der Waals surface area contributed by atoms with E-state index in [4.69, 9.17) is 69.3 Å². The fraction of sp³-hybridized carbons (Fsp3) is 0.388. The normalized spacial score (nSPS) is 23.1. The summed E-state index contributed by atoms with van der Waals surface area (Å²) in [6.07, 6.45) is 24.2. The van der Waals surface area contributed by atoms with Gasteiger partial charge in [0.2, 0.25) is 0 Å². The molecular formula is C85H90N8O12S8. The number of aliphatic carboxylic acids is 4. The highest BCUT2D eigenvalue weighted by Gasteiger charge is 2.45. The molecule has 0 aromatic heterocycles. The quantitative estimate of drug-likeness (QED) is 0.0372. The summed E-state index contributed by atoms with van der Waals surface area (Å²) in [5.74, 6) is -2.82. The highest BCUT2D eigenvalue weighted by molar-refractivity contribution is 8.28. The summed E-state index contributed by atoms with van der Waals surface area (Å²) in [6.45, 7) is 13.3. The Hall–Kier alpha value is -8.48. The number of hydrogen-bond acceptors (Lipinski definition) is 20. The lowest BCUT2D eigenvalue weighted by Gasteiger charge is -2.27. The molecule has 0 bridgehead atoms. The maximum Gasteiger partial charge on any atom is 0.305 e. The molecular weight excluding hydrogens is 1580 g/mol. The molecule has 5 aromatic carbocycles. The minimum atomic E-state index is -0.939. The molecule has 16 rings (SSSR count). The molecule has 0 radical (unpaired) electrons. The molecule has 8 heterocycles. The van der Waals surface area contributed by atoms with E-state index in [1.807, 2.05) is 36.4 Å². The maximum atomic E-state index is 12.8. The zero-order valence-corrected chi connectivity index (χ0v) is 69.9. The summed E-state index contributed by atoms with van der Waals surface area (Å²) in [5.41, 5.74) is 17.4. The minimum absolute atomic E-state index is 0.102. The van der Waals surface area contributed by atoms with Crippen LogP contribution in [0.4, 0.5) is 28.4 Å². The van der Waals surface area contributed by atoms with Crippen molar-refractivity contribution in [2.45, 2.75) is 160 Å². The average Bonchev–Trinajstić information content (AvgIpc) is 1.58. The third-order valence-corrected chi connectivity index (χ3v) is 28.0. The van der Waals surface area contributed by atoms with E-state index in [2.05, 4.69) is 138 Å². The molecule has 6 unspecified atom stereocenters. The van der Waals surface area contributed by atoms with Crippen molar-refractivity contribution in [3.8, 4) is 0 Å². The Labute approximate surface area is 697 Å². The molecule has 4 amide bonds. The molecule has 5 aromatic rings. The van der Waals surface area contributed by atoms with Gasteiger partial charge in [-0.1, -0.05) is 176 Å². The number of rotatable bonds is 22.